The number of rotatable bonds is 6. The van der Waals surface area contributed by atoms with E-state index >= 15 is 0 Å². The Bertz CT molecular complexity index is 1840. The fraction of sp³-hybridized carbons (Fsp3) is 0.500. The van der Waals surface area contributed by atoms with E-state index in [0.717, 1.165) is 17.7 Å². The number of nitrogens with one attached hydrogen (secondary N) is 2. The van der Waals surface area contributed by atoms with E-state index in [1.165, 1.54) is 40.1 Å². The van der Waals surface area contributed by atoms with Gasteiger partial charge in [0, 0.05) is 49.2 Å². The zero-order valence-corrected chi connectivity index (χ0v) is 27.9. The number of nitrogens with zero attached hydrogens (tertiary/aromatic N) is 3. The third kappa shape index (κ3) is 6.77. The summed E-state index contributed by atoms with van der Waals surface area (Å²) in [5.74, 6) is -2.78. The van der Waals surface area contributed by atoms with Crippen LogP contribution in [0.3, 0.4) is 0 Å². The molecule has 0 saturated carbocycles. The van der Waals surface area contributed by atoms with E-state index in [2.05, 4.69) is 16.7 Å². The lowest BCUT2D eigenvalue weighted by atomic mass is 9.86. The molecule has 0 radical (unpaired) electrons. The second-order valence-electron chi connectivity index (χ2n) is 13.5. The highest BCUT2D eigenvalue weighted by Crippen LogP contribution is 2.59. The van der Waals surface area contributed by atoms with E-state index in [1.807, 2.05) is 0 Å². The first-order valence-corrected chi connectivity index (χ1v) is 18.3. The minimum Gasteiger partial charge on any atom is -0.391 e. The smallest absolute Gasteiger partial charge is 0.391 e. The number of hydrogen-bond donors (Lipinski definition) is 5. The molecule has 4 aliphatic heterocycles. The second-order valence-corrected chi connectivity index (χ2v) is 15.2. The normalized spacial score (nSPS) is 27.8. The predicted molar refractivity (Wildman–Crippen MR) is 174 cm³/mol. The SMILES string of the molecule is N#C[C@H]1CN(C(=O)[C@@H]2C[C@@H](O)[C@@H]3CCCCC[C@H](NC(=O)c4ccc5ccc(C(F)(F)P(=O)(O)O)cc5c4)C(=O)N23)C[C@@H]1C1=CC(=O)NCC1. The Balaban J connectivity index is 1.23. The van der Waals surface area contributed by atoms with Crippen LogP contribution in [0.25, 0.3) is 10.8 Å². The standard InChI is InChI=1S/C34H38F2N5O8P/c35-34(36,50(47,48)49)24-9-8-19-6-7-21(12-22(19)13-24)31(44)39-26-4-2-1-3-5-27-29(42)15-28(41(27)32(26)45)33(46)40-17-23(16-37)25(18-40)20-10-11-38-30(43)14-20/h6-9,12-14,23,25-29,42H,1-5,10-11,15,17-18H2,(H,38,43)(H,39,44)(H2,47,48,49)/t23-,25+,26-,27-,28-,29+/m0/s1. The highest BCUT2D eigenvalue weighted by atomic mass is 31.2. The van der Waals surface area contributed by atoms with E-state index < -0.39 is 66.7 Å². The summed E-state index contributed by atoms with van der Waals surface area (Å²) >= 11 is 0. The quantitative estimate of drug-likeness (QED) is 0.279. The first-order valence-electron chi connectivity index (χ1n) is 16.6. The number of aliphatic hydroxyl groups is 1. The van der Waals surface area contributed by atoms with Gasteiger partial charge in [-0.25, -0.2) is 0 Å². The Labute approximate surface area is 286 Å². The number of carbonyl (C=O) groups is 4. The number of carbonyl (C=O) groups excluding carboxylic acids is 4. The summed E-state index contributed by atoms with van der Waals surface area (Å²) in [6.07, 6.45) is 3.71. The van der Waals surface area contributed by atoms with Gasteiger partial charge in [0.25, 0.3) is 5.91 Å². The van der Waals surface area contributed by atoms with Crippen molar-refractivity contribution in [3.63, 3.8) is 0 Å². The van der Waals surface area contributed by atoms with Gasteiger partial charge in [0.2, 0.25) is 17.7 Å². The fourth-order valence-electron chi connectivity index (χ4n) is 7.70. The monoisotopic (exact) mass is 713 g/mol. The molecule has 2 aromatic carbocycles. The average molecular weight is 714 g/mol. The van der Waals surface area contributed by atoms with Crippen molar-refractivity contribution in [1.82, 2.24) is 20.4 Å². The van der Waals surface area contributed by atoms with Crippen molar-refractivity contribution in [2.75, 3.05) is 19.6 Å². The van der Waals surface area contributed by atoms with Gasteiger partial charge in [0.05, 0.1) is 24.1 Å². The molecular formula is C34H38F2N5O8P. The number of aliphatic hydroxyl groups excluding tert-OH is 1. The maximum Gasteiger partial charge on any atom is 0.399 e. The third-order valence-corrected chi connectivity index (χ3v) is 11.3. The molecule has 0 aromatic heterocycles. The maximum atomic E-state index is 14.4. The van der Waals surface area contributed by atoms with Gasteiger partial charge in [-0.15, -0.1) is 0 Å². The molecule has 13 nitrogen and oxygen atoms in total. The summed E-state index contributed by atoms with van der Waals surface area (Å²) in [7, 11) is -5.82. The Kier molecular flexibility index (Phi) is 9.85. The maximum absolute atomic E-state index is 14.4. The minimum atomic E-state index is -5.82. The van der Waals surface area contributed by atoms with Crippen molar-refractivity contribution < 1.29 is 47.4 Å². The van der Waals surface area contributed by atoms with Crippen LogP contribution < -0.4 is 10.6 Å². The third-order valence-electron chi connectivity index (χ3n) is 10.4. The van der Waals surface area contributed by atoms with Crippen LogP contribution in [0, 0.1) is 23.2 Å². The van der Waals surface area contributed by atoms with Crippen LogP contribution in [0.2, 0.25) is 0 Å². The van der Waals surface area contributed by atoms with E-state index in [4.69, 9.17) is 0 Å². The number of alkyl halides is 2. The lowest BCUT2D eigenvalue weighted by Crippen LogP contribution is -2.56. The average Bonchev–Trinajstić information content (AvgIpc) is 3.68. The molecule has 0 bridgehead atoms. The van der Waals surface area contributed by atoms with E-state index in [1.54, 1.807) is 0 Å². The molecule has 6 atom stereocenters. The number of fused-ring (bicyclic) bond motifs is 2. The molecule has 0 aliphatic carbocycles. The topological polar surface area (TPSA) is 200 Å². The molecule has 50 heavy (non-hydrogen) atoms. The lowest BCUT2D eigenvalue weighted by molar-refractivity contribution is -0.146. The zero-order chi connectivity index (χ0) is 36.0. The lowest BCUT2D eigenvalue weighted by Gasteiger charge is -2.34. The molecule has 6 rings (SSSR count). The molecule has 2 aromatic rings. The molecule has 0 spiro atoms. The molecule has 0 unspecified atom stereocenters. The molecule has 266 valence electrons. The van der Waals surface area contributed by atoms with Gasteiger partial charge in [-0.1, -0.05) is 43.0 Å². The van der Waals surface area contributed by atoms with E-state index in [9.17, 15) is 52.7 Å². The van der Waals surface area contributed by atoms with Crippen molar-refractivity contribution in [3.05, 3.63) is 59.2 Å². The van der Waals surface area contributed by atoms with Crippen LogP contribution in [-0.2, 0) is 24.6 Å². The Morgan fingerprint density at radius 2 is 1.78 bits per heavy atom. The number of likely N-dealkylation sites (tertiary alicyclic amines) is 1. The number of nitriles is 1. The van der Waals surface area contributed by atoms with Crippen LogP contribution in [0.15, 0.2) is 48.0 Å². The molecule has 4 heterocycles. The van der Waals surface area contributed by atoms with Gasteiger partial charge in [0.1, 0.15) is 12.1 Å². The van der Waals surface area contributed by atoms with E-state index in [-0.39, 0.29) is 48.7 Å². The molecular weight excluding hydrogens is 675 g/mol. The van der Waals surface area contributed by atoms with Gasteiger partial charge in [0.15, 0.2) is 0 Å². The fourth-order valence-corrected chi connectivity index (χ4v) is 8.18. The van der Waals surface area contributed by atoms with Crippen molar-refractivity contribution in [1.29, 1.82) is 5.26 Å². The molecule has 4 amide bonds. The summed E-state index contributed by atoms with van der Waals surface area (Å²) < 4.78 is 40.3. The summed E-state index contributed by atoms with van der Waals surface area (Å²) in [6, 6.07) is 6.78. The van der Waals surface area contributed by atoms with Crippen LogP contribution in [-0.4, -0.2) is 92.2 Å². The molecule has 3 fully saturated rings. The van der Waals surface area contributed by atoms with Crippen LogP contribution >= 0.6 is 7.60 Å². The number of benzene rings is 2. The summed E-state index contributed by atoms with van der Waals surface area (Å²) in [5, 5.41) is 27.0. The Hall–Kier alpha value is -4.22. The van der Waals surface area contributed by atoms with Crippen LogP contribution in [0.1, 0.15) is 60.9 Å². The first kappa shape index (κ1) is 35.6. The molecule has 5 N–H and O–H groups in total. The first-order chi connectivity index (χ1) is 23.7. The van der Waals surface area contributed by atoms with Gasteiger partial charge in [-0.3, -0.25) is 23.7 Å². The van der Waals surface area contributed by atoms with E-state index in [0.29, 0.717) is 44.0 Å². The summed E-state index contributed by atoms with van der Waals surface area (Å²) in [4.78, 5) is 75.2. The van der Waals surface area contributed by atoms with Gasteiger partial charge < -0.3 is 35.3 Å². The highest BCUT2D eigenvalue weighted by molar-refractivity contribution is 7.52. The molecule has 3 saturated heterocycles. The Morgan fingerprint density at radius 3 is 2.50 bits per heavy atom. The number of amides is 4. The molecule has 4 aliphatic rings. The Morgan fingerprint density at radius 1 is 1.04 bits per heavy atom. The van der Waals surface area contributed by atoms with Crippen LogP contribution in [0.4, 0.5) is 8.78 Å². The van der Waals surface area contributed by atoms with Crippen molar-refractivity contribution in [2.24, 2.45) is 11.8 Å². The minimum absolute atomic E-state index is 0.00828. The second kappa shape index (κ2) is 13.8. The summed E-state index contributed by atoms with van der Waals surface area (Å²) in [6.45, 7) is 0.744. The predicted octanol–water partition coefficient (Wildman–Crippen LogP) is 2.50. The van der Waals surface area contributed by atoms with Crippen molar-refractivity contribution in [3.8, 4) is 6.07 Å². The summed E-state index contributed by atoms with van der Waals surface area (Å²) in [5.41, 5.74) is -4.54. The number of halogens is 2. The largest absolute Gasteiger partial charge is 0.399 e. The number of hydrogen-bond acceptors (Lipinski definition) is 7. The zero-order valence-electron chi connectivity index (χ0n) is 27.0. The molecule has 16 heteroatoms. The van der Waals surface area contributed by atoms with Gasteiger partial charge in [-0.2, -0.15) is 14.0 Å². The van der Waals surface area contributed by atoms with Crippen LogP contribution in [0.5, 0.6) is 0 Å². The van der Waals surface area contributed by atoms with Crippen molar-refractivity contribution >= 4 is 42.0 Å². The van der Waals surface area contributed by atoms with Gasteiger partial charge in [-0.05, 0) is 48.2 Å². The van der Waals surface area contributed by atoms with Gasteiger partial charge >= 0.3 is 13.3 Å². The van der Waals surface area contributed by atoms with Crippen molar-refractivity contribution in [2.45, 2.75) is 74.8 Å². The highest BCUT2D eigenvalue weighted by Gasteiger charge is 2.52.